The van der Waals surface area contributed by atoms with Gasteiger partial charge in [-0.3, -0.25) is 4.79 Å². The summed E-state index contributed by atoms with van der Waals surface area (Å²) in [4.78, 5) is 21.6. The van der Waals surface area contributed by atoms with Gasteiger partial charge in [0.2, 0.25) is 0 Å². The van der Waals surface area contributed by atoms with Gasteiger partial charge >= 0.3 is 0 Å². The van der Waals surface area contributed by atoms with Crippen molar-refractivity contribution in [1.82, 2.24) is 15.3 Å². The standard InChI is InChI=1S/C13H15ClN4OS/c1-7-6-16-13(20-7)8(2)17-12(19)9-4-10(14)18-11(5-9)15-3/h4-6,8H,1-3H3,(H,15,18)(H,17,19). The molecule has 2 N–H and O–H groups in total. The number of hydrogen-bond donors (Lipinski definition) is 2. The predicted octanol–water partition coefficient (Wildman–Crippen LogP) is 3.03. The number of hydrogen-bond acceptors (Lipinski definition) is 5. The van der Waals surface area contributed by atoms with Crippen LogP contribution in [0, 0.1) is 6.92 Å². The maximum atomic E-state index is 12.2. The minimum Gasteiger partial charge on any atom is -0.373 e. The first-order valence-corrected chi connectivity index (χ1v) is 7.27. The molecule has 2 heterocycles. The first kappa shape index (κ1) is 14.7. The summed E-state index contributed by atoms with van der Waals surface area (Å²) in [6, 6.07) is 3.05. The highest BCUT2D eigenvalue weighted by Gasteiger charge is 2.15. The molecule has 0 radical (unpaired) electrons. The molecule has 0 spiro atoms. The van der Waals surface area contributed by atoms with Gasteiger partial charge in [0, 0.05) is 23.7 Å². The van der Waals surface area contributed by atoms with Crippen LogP contribution in [0.5, 0.6) is 0 Å². The van der Waals surface area contributed by atoms with Crippen molar-refractivity contribution in [3.63, 3.8) is 0 Å². The van der Waals surface area contributed by atoms with Crippen LogP contribution >= 0.6 is 22.9 Å². The smallest absolute Gasteiger partial charge is 0.252 e. The molecular formula is C13H15ClN4OS. The van der Waals surface area contributed by atoms with Crippen LogP contribution in [0.3, 0.4) is 0 Å². The molecule has 5 nitrogen and oxygen atoms in total. The Balaban J connectivity index is 2.13. The molecule has 2 aromatic heterocycles. The van der Waals surface area contributed by atoms with E-state index >= 15 is 0 Å². The number of carbonyl (C=O) groups excluding carboxylic acids is 1. The number of carbonyl (C=O) groups is 1. The van der Waals surface area contributed by atoms with E-state index in [2.05, 4.69) is 20.6 Å². The molecule has 1 unspecified atom stereocenters. The summed E-state index contributed by atoms with van der Waals surface area (Å²) in [5, 5.41) is 6.92. The Morgan fingerprint density at radius 3 is 2.80 bits per heavy atom. The number of pyridine rings is 1. The van der Waals surface area contributed by atoms with Crippen molar-refractivity contribution in [3.8, 4) is 0 Å². The van der Waals surface area contributed by atoms with Gasteiger partial charge in [0.05, 0.1) is 6.04 Å². The monoisotopic (exact) mass is 310 g/mol. The zero-order valence-electron chi connectivity index (χ0n) is 11.4. The number of halogens is 1. The molecule has 0 saturated heterocycles. The molecule has 1 atom stereocenters. The lowest BCUT2D eigenvalue weighted by Crippen LogP contribution is -2.26. The van der Waals surface area contributed by atoms with Gasteiger partial charge in [-0.25, -0.2) is 9.97 Å². The van der Waals surface area contributed by atoms with Crippen molar-refractivity contribution in [2.75, 3.05) is 12.4 Å². The summed E-state index contributed by atoms with van der Waals surface area (Å²) in [6.45, 7) is 3.88. The Kier molecular flexibility index (Phi) is 4.57. The molecule has 0 fully saturated rings. The summed E-state index contributed by atoms with van der Waals surface area (Å²) in [6.07, 6.45) is 1.80. The molecule has 0 aromatic carbocycles. The average molecular weight is 311 g/mol. The second-order valence-corrected chi connectivity index (χ2v) is 5.97. The van der Waals surface area contributed by atoms with E-state index in [1.165, 1.54) is 6.07 Å². The fourth-order valence-corrected chi connectivity index (χ4v) is 2.66. The van der Waals surface area contributed by atoms with Crippen LogP contribution in [-0.4, -0.2) is 22.9 Å². The Labute approximate surface area is 126 Å². The van der Waals surface area contributed by atoms with Crippen LogP contribution in [0.2, 0.25) is 5.15 Å². The van der Waals surface area contributed by atoms with Crippen LogP contribution in [0.1, 0.15) is 33.2 Å². The molecule has 2 aromatic rings. The molecule has 106 valence electrons. The Morgan fingerprint density at radius 1 is 1.45 bits per heavy atom. The zero-order chi connectivity index (χ0) is 14.7. The van der Waals surface area contributed by atoms with Crippen molar-refractivity contribution in [3.05, 3.63) is 38.9 Å². The van der Waals surface area contributed by atoms with E-state index in [4.69, 9.17) is 11.6 Å². The van der Waals surface area contributed by atoms with Crippen molar-refractivity contribution in [2.24, 2.45) is 0 Å². The van der Waals surface area contributed by atoms with E-state index in [0.29, 0.717) is 11.4 Å². The summed E-state index contributed by atoms with van der Waals surface area (Å²) in [7, 11) is 1.72. The molecule has 0 aliphatic carbocycles. The fourth-order valence-electron chi connectivity index (χ4n) is 1.67. The van der Waals surface area contributed by atoms with Crippen molar-refractivity contribution in [1.29, 1.82) is 0 Å². The lowest BCUT2D eigenvalue weighted by Gasteiger charge is -2.12. The molecule has 7 heteroatoms. The second-order valence-electron chi connectivity index (χ2n) is 4.32. The molecule has 20 heavy (non-hydrogen) atoms. The largest absolute Gasteiger partial charge is 0.373 e. The Hall–Kier alpha value is -1.66. The van der Waals surface area contributed by atoms with Crippen LogP contribution in [0.4, 0.5) is 5.82 Å². The van der Waals surface area contributed by atoms with E-state index in [0.717, 1.165) is 9.88 Å². The SMILES string of the molecule is CNc1cc(C(=O)NC(C)c2ncc(C)s2)cc(Cl)n1. The summed E-state index contributed by atoms with van der Waals surface area (Å²) < 4.78 is 0. The predicted molar refractivity (Wildman–Crippen MR) is 81.5 cm³/mol. The minimum absolute atomic E-state index is 0.147. The highest BCUT2D eigenvalue weighted by atomic mass is 35.5. The third-order valence-electron chi connectivity index (χ3n) is 2.67. The van der Waals surface area contributed by atoms with Crippen molar-refractivity contribution >= 4 is 34.7 Å². The number of thiazole rings is 1. The lowest BCUT2D eigenvalue weighted by atomic mass is 10.2. The number of anilines is 1. The highest BCUT2D eigenvalue weighted by molar-refractivity contribution is 7.11. The van der Waals surface area contributed by atoms with Gasteiger partial charge in [0.1, 0.15) is 16.0 Å². The van der Waals surface area contributed by atoms with Crippen molar-refractivity contribution in [2.45, 2.75) is 19.9 Å². The van der Waals surface area contributed by atoms with E-state index < -0.39 is 0 Å². The van der Waals surface area contributed by atoms with Gasteiger partial charge in [-0.05, 0) is 26.0 Å². The first-order chi connectivity index (χ1) is 9.49. The zero-order valence-corrected chi connectivity index (χ0v) is 13.0. The lowest BCUT2D eigenvalue weighted by molar-refractivity contribution is 0.0940. The van der Waals surface area contributed by atoms with Gasteiger partial charge in [-0.2, -0.15) is 0 Å². The molecule has 0 saturated carbocycles. The molecule has 0 aliphatic rings. The number of aromatic nitrogens is 2. The fraction of sp³-hybridized carbons (Fsp3) is 0.308. The first-order valence-electron chi connectivity index (χ1n) is 6.08. The highest BCUT2D eigenvalue weighted by Crippen LogP contribution is 2.20. The van der Waals surface area contributed by atoms with Crippen LogP contribution in [0.25, 0.3) is 0 Å². The molecule has 0 aliphatic heterocycles. The van der Waals surface area contributed by atoms with E-state index in [1.807, 2.05) is 13.8 Å². The minimum atomic E-state index is -0.203. The van der Waals surface area contributed by atoms with Gasteiger partial charge in [0.25, 0.3) is 5.91 Å². The normalized spacial score (nSPS) is 12.0. The molecule has 1 amide bonds. The van der Waals surface area contributed by atoms with Gasteiger partial charge in [0.15, 0.2) is 0 Å². The summed E-state index contributed by atoms with van der Waals surface area (Å²) in [5.41, 5.74) is 0.467. The number of nitrogens with one attached hydrogen (secondary N) is 2. The quantitative estimate of drug-likeness (QED) is 0.852. The van der Waals surface area contributed by atoms with Gasteiger partial charge in [-0.15, -0.1) is 11.3 Å². The third-order valence-corrected chi connectivity index (χ3v) is 3.96. The van der Waals surface area contributed by atoms with Crippen LogP contribution < -0.4 is 10.6 Å². The van der Waals surface area contributed by atoms with E-state index in [9.17, 15) is 4.79 Å². The van der Waals surface area contributed by atoms with Crippen LogP contribution in [0.15, 0.2) is 18.3 Å². The average Bonchev–Trinajstić information content (AvgIpc) is 2.84. The Bertz CT molecular complexity index is 629. The number of aryl methyl sites for hydroxylation is 1. The maximum Gasteiger partial charge on any atom is 0.252 e. The third kappa shape index (κ3) is 3.46. The van der Waals surface area contributed by atoms with E-state index in [-0.39, 0.29) is 17.1 Å². The van der Waals surface area contributed by atoms with E-state index in [1.54, 1.807) is 30.6 Å². The topological polar surface area (TPSA) is 66.9 Å². The Morgan fingerprint density at radius 2 is 2.20 bits per heavy atom. The molecule has 2 rings (SSSR count). The van der Waals surface area contributed by atoms with Gasteiger partial charge < -0.3 is 10.6 Å². The maximum absolute atomic E-state index is 12.2. The molecular weight excluding hydrogens is 296 g/mol. The van der Waals surface area contributed by atoms with Crippen molar-refractivity contribution < 1.29 is 4.79 Å². The van der Waals surface area contributed by atoms with Gasteiger partial charge in [-0.1, -0.05) is 11.6 Å². The summed E-state index contributed by atoms with van der Waals surface area (Å²) in [5.74, 6) is 0.353. The van der Waals surface area contributed by atoms with Crippen LogP contribution in [-0.2, 0) is 0 Å². The molecule has 0 bridgehead atoms. The second kappa shape index (κ2) is 6.19. The number of rotatable bonds is 4. The number of amides is 1. The summed E-state index contributed by atoms with van der Waals surface area (Å²) >= 11 is 7.46. The number of nitrogens with zero attached hydrogens (tertiary/aromatic N) is 2.